The zero-order valence-corrected chi connectivity index (χ0v) is 27.8. The van der Waals surface area contributed by atoms with Gasteiger partial charge in [-0.05, 0) is 106 Å². The molecule has 1 aromatic rings. The standard InChI is InChI=1S/C35H53NO5Si/c1-7-36(8-2)19-20-38-26-11-9-25(10-12-26)28-23-33(3)29(13-14-31(33)41-42(4,5)6)27-15-17-34(37)24-35(39-21-22-40-35)18-16-30(34)32(27)28/h9-12,14,27-29,37H,7-8,13,15-24H2,1-6H3/t27-,28+,29-,33-,34+/m0/s1. The summed E-state index contributed by atoms with van der Waals surface area (Å²) in [5.74, 6) is 2.76. The predicted molar refractivity (Wildman–Crippen MR) is 169 cm³/mol. The van der Waals surface area contributed by atoms with Crippen LogP contribution in [0.4, 0.5) is 0 Å². The van der Waals surface area contributed by atoms with E-state index >= 15 is 0 Å². The molecule has 6 nitrogen and oxygen atoms in total. The van der Waals surface area contributed by atoms with E-state index in [-0.39, 0.29) is 11.3 Å². The maximum Gasteiger partial charge on any atom is 0.241 e. The zero-order valence-electron chi connectivity index (χ0n) is 26.8. The van der Waals surface area contributed by atoms with Crippen LogP contribution in [0.25, 0.3) is 0 Å². The van der Waals surface area contributed by atoms with Gasteiger partial charge in [0.05, 0.1) is 24.6 Å². The van der Waals surface area contributed by atoms with Crippen LogP contribution in [0, 0.1) is 17.3 Å². The number of nitrogens with zero attached hydrogens (tertiary/aromatic N) is 1. The van der Waals surface area contributed by atoms with Crippen molar-refractivity contribution in [2.45, 2.75) is 103 Å². The normalized spacial score (nSPS) is 33.8. The lowest BCUT2D eigenvalue weighted by Gasteiger charge is -2.56. The Kier molecular flexibility index (Phi) is 8.23. The quantitative estimate of drug-likeness (QED) is 0.245. The summed E-state index contributed by atoms with van der Waals surface area (Å²) in [6.07, 6.45) is 8.52. The smallest absolute Gasteiger partial charge is 0.241 e. The van der Waals surface area contributed by atoms with Gasteiger partial charge in [-0.1, -0.05) is 38.5 Å². The molecule has 5 aliphatic rings. The molecule has 1 heterocycles. The second kappa shape index (κ2) is 11.4. The predicted octanol–water partition coefficient (Wildman–Crippen LogP) is 7.02. The van der Waals surface area contributed by atoms with Crippen LogP contribution in [-0.4, -0.2) is 69.2 Å². The van der Waals surface area contributed by atoms with E-state index in [1.165, 1.54) is 22.5 Å². The number of hydrogen-bond donors (Lipinski definition) is 1. The van der Waals surface area contributed by atoms with Crippen LogP contribution in [0.1, 0.15) is 77.2 Å². The third-order valence-corrected chi connectivity index (χ3v) is 11.8. The average molecular weight is 596 g/mol. The van der Waals surface area contributed by atoms with Crippen molar-refractivity contribution < 1.29 is 23.7 Å². The summed E-state index contributed by atoms with van der Waals surface area (Å²) in [6, 6.07) is 8.87. The second-order valence-corrected chi connectivity index (χ2v) is 19.1. The lowest BCUT2D eigenvalue weighted by molar-refractivity contribution is -0.208. The molecule has 7 heteroatoms. The van der Waals surface area contributed by atoms with Gasteiger partial charge < -0.3 is 28.6 Å². The van der Waals surface area contributed by atoms with Crippen LogP contribution in [0.5, 0.6) is 5.75 Å². The Hall–Kier alpha value is -1.64. The summed E-state index contributed by atoms with van der Waals surface area (Å²) < 4.78 is 25.2. The first-order valence-electron chi connectivity index (χ1n) is 16.6. The van der Waals surface area contributed by atoms with Gasteiger partial charge >= 0.3 is 0 Å². The number of likely N-dealkylation sites (N-methyl/N-ethyl adjacent to an activating group) is 1. The van der Waals surface area contributed by atoms with E-state index < -0.39 is 19.7 Å². The molecule has 5 atom stereocenters. The molecule has 1 N–H and O–H groups in total. The lowest BCUT2D eigenvalue weighted by Crippen LogP contribution is -2.53. The molecule has 1 spiro atoms. The van der Waals surface area contributed by atoms with Crippen molar-refractivity contribution in [2.24, 2.45) is 17.3 Å². The van der Waals surface area contributed by atoms with Gasteiger partial charge in [0.2, 0.25) is 8.32 Å². The van der Waals surface area contributed by atoms with Gasteiger partial charge in [-0.15, -0.1) is 0 Å². The van der Waals surface area contributed by atoms with Gasteiger partial charge in [0, 0.05) is 30.7 Å². The highest BCUT2D eigenvalue weighted by Gasteiger charge is 2.59. The first-order chi connectivity index (χ1) is 20.0. The van der Waals surface area contributed by atoms with Crippen LogP contribution in [0.3, 0.4) is 0 Å². The fraction of sp³-hybridized carbons (Fsp3) is 0.714. The van der Waals surface area contributed by atoms with E-state index in [0.29, 0.717) is 38.1 Å². The van der Waals surface area contributed by atoms with Gasteiger partial charge in [0.15, 0.2) is 5.79 Å². The summed E-state index contributed by atoms with van der Waals surface area (Å²) in [5, 5.41) is 12.3. The van der Waals surface area contributed by atoms with E-state index in [2.05, 4.69) is 75.7 Å². The fourth-order valence-electron chi connectivity index (χ4n) is 8.96. The van der Waals surface area contributed by atoms with Crippen LogP contribution in [0.15, 0.2) is 47.2 Å². The van der Waals surface area contributed by atoms with Crippen LogP contribution < -0.4 is 4.74 Å². The minimum Gasteiger partial charge on any atom is -0.547 e. The van der Waals surface area contributed by atoms with Crippen LogP contribution >= 0.6 is 0 Å². The van der Waals surface area contributed by atoms with Crippen molar-refractivity contribution in [2.75, 3.05) is 39.5 Å². The molecule has 1 aromatic carbocycles. The van der Waals surface area contributed by atoms with Gasteiger partial charge in [-0.3, -0.25) is 0 Å². The maximum atomic E-state index is 12.3. The number of ether oxygens (including phenoxy) is 3. The first kappa shape index (κ1) is 30.4. The maximum absolute atomic E-state index is 12.3. The Morgan fingerprint density at radius 2 is 1.76 bits per heavy atom. The summed E-state index contributed by atoms with van der Waals surface area (Å²) in [4.78, 5) is 2.39. The third kappa shape index (κ3) is 5.53. The molecule has 2 saturated carbocycles. The molecular formula is C35H53NO5Si. The summed E-state index contributed by atoms with van der Waals surface area (Å²) in [7, 11) is -1.75. The van der Waals surface area contributed by atoms with E-state index in [9.17, 15) is 5.11 Å². The van der Waals surface area contributed by atoms with Gasteiger partial charge in [0.1, 0.15) is 12.4 Å². The largest absolute Gasteiger partial charge is 0.547 e. The first-order valence-corrected chi connectivity index (χ1v) is 20.0. The topological polar surface area (TPSA) is 60.4 Å². The molecule has 0 radical (unpaired) electrons. The second-order valence-electron chi connectivity index (χ2n) is 14.6. The minimum absolute atomic E-state index is 0.00162. The van der Waals surface area contributed by atoms with E-state index in [1.54, 1.807) is 0 Å². The molecule has 0 unspecified atom stereocenters. The van der Waals surface area contributed by atoms with Crippen LogP contribution in [-0.2, 0) is 13.9 Å². The average Bonchev–Trinajstić information content (AvgIpc) is 3.53. The summed E-state index contributed by atoms with van der Waals surface area (Å²) in [6.45, 7) is 18.7. The van der Waals surface area contributed by atoms with Crippen molar-refractivity contribution in [1.82, 2.24) is 4.90 Å². The summed E-state index contributed by atoms with van der Waals surface area (Å²) >= 11 is 0. The molecule has 0 aromatic heterocycles. The molecule has 6 rings (SSSR count). The van der Waals surface area contributed by atoms with Gasteiger partial charge in [-0.25, -0.2) is 0 Å². The highest BCUT2D eigenvalue weighted by molar-refractivity contribution is 6.70. The fourth-order valence-corrected chi connectivity index (χ4v) is 9.94. The van der Waals surface area contributed by atoms with E-state index in [4.69, 9.17) is 18.6 Å². The monoisotopic (exact) mass is 595 g/mol. The van der Waals surface area contributed by atoms with Crippen molar-refractivity contribution in [3.8, 4) is 5.75 Å². The van der Waals surface area contributed by atoms with Crippen molar-refractivity contribution in [3.63, 3.8) is 0 Å². The number of rotatable bonds is 9. The molecule has 0 bridgehead atoms. The number of aliphatic hydroxyl groups is 1. The highest BCUT2D eigenvalue weighted by Crippen LogP contribution is 2.66. The number of hydrogen-bond acceptors (Lipinski definition) is 6. The molecule has 42 heavy (non-hydrogen) atoms. The van der Waals surface area contributed by atoms with Gasteiger partial charge in [0.25, 0.3) is 0 Å². The highest BCUT2D eigenvalue weighted by atomic mass is 28.4. The van der Waals surface area contributed by atoms with E-state index in [0.717, 1.165) is 63.9 Å². The molecule has 0 amide bonds. The molecule has 3 fully saturated rings. The Morgan fingerprint density at radius 1 is 1.05 bits per heavy atom. The zero-order chi connectivity index (χ0) is 29.8. The SMILES string of the molecule is CCN(CC)CCOc1ccc([C@H]2C[C@]3(C)C(O[Si](C)(C)C)=CC[C@H]3[C@@H]3CC[C@@]4(O)CC5(CCC4=C32)OCCO5)cc1. The van der Waals surface area contributed by atoms with E-state index in [1.807, 2.05) is 0 Å². The Morgan fingerprint density at radius 3 is 2.43 bits per heavy atom. The molecule has 1 saturated heterocycles. The molecule has 232 valence electrons. The van der Waals surface area contributed by atoms with Crippen LogP contribution in [0.2, 0.25) is 19.6 Å². The third-order valence-electron chi connectivity index (χ3n) is 11.0. The Balaban J connectivity index is 1.33. The van der Waals surface area contributed by atoms with Crippen molar-refractivity contribution >= 4 is 8.32 Å². The molecular weight excluding hydrogens is 542 g/mol. The summed E-state index contributed by atoms with van der Waals surface area (Å²) in [5.41, 5.74) is 3.28. The van der Waals surface area contributed by atoms with Gasteiger partial charge in [-0.2, -0.15) is 0 Å². The Labute approximate surface area is 254 Å². The molecule has 1 aliphatic heterocycles. The van der Waals surface area contributed by atoms with Crippen molar-refractivity contribution in [3.05, 3.63) is 52.8 Å². The number of benzene rings is 1. The molecule has 4 aliphatic carbocycles. The Bertz CT molecular complexity index is 1190. The number of allylic oxidation sites excluding steroid dienone is 3. The minimum atomic E-state index is -1.75. The van der Waals surface area contributed by atoms with Crippen molar-refractivity contribution in [1.29, 1.82) is 0 Å². The lowest BCUT2D eigenvalue weighted by atomic mass is 9.51. The number of fused-ring (bicyclic) bond motifs is 4.